The average Bonchev–Trinajstić information content (AvgIpc) is 3.04. The molecule has 0 radical (unpaired) electrons. The molecular formula is C21H16N2O4. The fraction of sp³-hybridized carbons (Fsp3) is 0.0952. The number of aryl methyl sites for hydroxylation is 2. The van der Waals surface area contributed by atoms with Crippen molar-refractivity contribution < 1.29 is 13.6 Å². The molecule has 0 unspecified atom stereocenters. The molecule has 2 heterocycles. The predicted molar refractivity (Wildman–Crippen MR) is 102 cm³/mol. The molecule has 27 heavy (non-hydrogen) atoms. The standard InChI is InChI=1S/C21H16N2O4/c1-12-10-18(24)27-17-11-15(8-9-16(12)17)22-20(25)19-13(2)26-21(23-19)14-6-4-3-5-7-14/h3-11H,1-2H3,(H,22,25). The maximum Gasteiger partial charge on any atom is 0.336 e. The van der Waals surface area contributed by atoms with Crippen LogP contribution in [0.5, 0.6) is 0 Å². The van der Waals surface area contributed by atoms with Crippen molar-refractivity contribution in [2.75, 3.05) is 5.32 Å². The second-order valence-corrected chi connectivity index (χ2v) is 6.20. The van der Waals surface area contributed by atoms with E-state index in [0.29, 0.717) is 22.9 Å². The number of amides is 1. The first-order valence-electron chi connectivity index (χ1n) is 8.40. The van der Waals surface area contributed by atoms with Gasteiger partial charge in [-0.25, -0.2) is 9.78 Å². The minimum Gasteiger partial charge on any atom is -0.441 e. The van der Waals surface area contributed by atoms with Crippen molar-refractivity contribution in [2.45, 2.75) is 13.8 Å². The molecule has 2 aromatic carbocycles. The van der Waals surface area contributed by atoms with Crippen molar-refractivity contribution in [3.63, 3.8) is 0 Å². The van der Waals surface area contributed by atoms with Crippen molar-refractivity contribution in [2.24, 2.45) is 0 Å². The molecule has 0 spiro atoms. The van der Waals surface area contributed by atoms with E-state index >= 15 is 0 Å². The van der Waals surface area contributed by atoms with Crippen molar-refractivity contribution in [1.82, 2.24) is 4.98 Å². The molecule has 6 heteroatoms. The highest BCUT2D eigenvalue weighted by Crippen LogP contribution is 2.24. The minimum absolute atomic E-state index is 0.208. The van der Waals surface area contributed by atoms with E-state index in [2.05, 4.69) is 10.3 Å². The molecule has 0 atom stereocenters. The zero-order chi connectivity index (χ0) is 19.0. The van der Waals surface area contributed by atoms with E-state index in [0.717, 1.165) is 16.5 Å². The molecule has 6 nitrogen and oxygen atoms in total. The first-order valence-corrected chi connectivity index (χ1v) is 8.40. The fourth-order valence-corrected chi connectivity index (χ4v) is 2.90. The number of rotatable bonds is 3. The summed E-state index contributed by atoms with van der Waals surface area (Å²) in [6.45, 7) is 3.53. The van der Waals surface area contributed by atoms with Gasteiger partial charge < -0.3 is 14.2 Å². The van der Waals surface area contributed by atoms with Crippen molar-refractivity contribution in [1.29, 1.82) is 0 Å². The summed E-state index contributed by atoms with van der Waals surface area (Å²) in [5.74, 6) is 0.417. The highest BCUT2D eigenvalue weighted by molar-refractivity contribution is 6.04. The number of carbonyl (C=O) groups excluding carboxylic acids is 1. The van der Waals surface area contributed by atoms with Gasteiger partial charge in [0.1, 0.15) is 11.3 Å². The summed E-state index contributed by atoms with van der Waals surface area (Å²) in [6, 6.07) is 16.0. The van der Waals surface area contributed by atoms with Crippen LogP contribution in [0.4, 0.5) is 5.69 Å². The highest BCUT2D eigenvalue weighted by atomic mass is 16.4. The second-order valence-electron chi connectivity index (χ2n) is 6.20. The molecule has 1 amide bonds. The molecule has 2 aromatic heterocycles. The monoisotopic (exact) mass is 360 g/mol. The Morgan fingerprint density at radius 2 is 1.78 bits per heavy atom. The van der Waals surface area contributed by atoms with E-state index in [1.165, 1.54) is 6.07 Å². The maximum atomic E-state index is 12.6. The van der Waals surface area contributed by atoms with Gasteiger partial charge in [-0.15, -0.1) is 0 Å². The van der Waals surface area contributed by atoms with Gasteiger partial charge in [0.05, 0.1) is 0 Å². The van der Waals surface area contributed by atoms with Crippen LogP contribution in [0.2, 0.25) is 0 Å². The number of aromatic nitrogens is 1. The van der Waals surface area contributed by atoms with Gasteiger partial charge in [0, 0.05) is 28.8 Å². The molecule has 0 aliphatic heterocycles. The van der Waals surface area contributed by atoms with Crippen LogP contribution >= 0.6 is 0 Å². The summed E-state index contributed by atoms with van der Waals surface area (Å²) in [4.78, 5) is 28.5. The van der Waals surface area contributed by atoms with Gasteiger partial charge in [-0.3, -0.25) is 4.79 Å². The van der Waals surface area contributed by atoms with Crippen LogP contribution < -0.4 is 10.9 Å². The van der Waals surface area contributed by atoms with Crippen LogP contribution in [0.3, 0.4) is 0 Å². The Bertz CT molecular complexity index is 1210. The van der Waals surface area contributed by atoms with Gasteiger partial charge in [0.2, 0.25) is 5.89 Å². The smallest absolute Gasteiger partial charge is 0.336 e. The molecule has 0 aliphatic carbocycles. The predicted octanol–water partition coefficient (Wildman–Crippen LogP) is 4.32. The van der Waals surface area contributed by atoms with E-state index in [4.69, 9.17) is 8.83 Å². The second kappa shape index (κ2) is 6.57. The molecule has 0 aliphatic rings. The van der Waals surface area contributed by atoms with Gasteiger partial charge in [0.15, 0.2) is 5.69 Å². The largest absolute Gasteiger partial charge is 0.441 e. The Hall–Kier alpha value is -3.67. The number of carbonyl (C=O) groups is 1. The highest BCUT2D eigenvalue weighted by Gasteiger charge is 2.18. The lowest BCUT2D eigenvalue weighted by Gasteiger charge is -2.06. The van der Waals surface area contributed by atoms with Gasteiger partial charge in [0.25, 0.3) is 5.91 Å². The normalized spacial score (nSPS) is 10.9. The Morgan fingerprint density at radius 3 is 2.56 bits per heavy atom. The van der Waals surface area contributed by atoms with Gasteiger partial charge >= 0.3 is 5.63 Å². The number of benzene rings is 2. The van der Waals surface area contributed by atoms with Crippen LogP contribution in [0.25, 0.3) is 22.4 Å². The first kappa shape index (κ1) is 16.8. The summed E-state index contributed by atoms with van der Waals surface area (Å²) in [6.07, 6.45) is 0. The molecule has 1 N–H and O–H groups in total. The molecule has 0 bridgehead atoms. The molecule has 0 saturated heterocycles. The third kappa shape index (κ3) is 3.25. The van der Waals surface area contributed by atoms with E-state index in [-0.39, 0.29) is 5.69 Å². The minimum atomic E-state index is -0.427. The fourth-order valence-electron chi connectivity index (χ4n) is 2.90. The van der Waals surface area contributed by atoms with Crippen molar-refractivity contribution >= 4 is 22.6 Å². The Balaban J connectivity index is 1.64. The van der Waals surface area contributed by atoms with E-state index in [1.807, 2.05) is 37.3 Å². The molecular weight excluding hydrogens is 344 g/mol. The summed E-state index contributed by atoms with van der Waals surface area (Å²) >= 11 is 0. The van der Waals surface area contributed by atoms with Crippen LogP contribution in [0, 0.1) is 13.8 Å². The lowest BCUT2D eigenvalue weighted by molar-refractivity contribution is 0.102. The lowest BCUT2D eigenvalue weighted by Crippen LogP contribution is -2.13. The third-order valence-corrected chi connectivity index (χ3v) is 4.24. The summed E-state index contributed by atoms with van der Waals surface area (Å²) < 4.78 is 10.8. The summed E-state index contributed by atoms with van der Waals surface area (Å²) in [5.41, 5.74) is 2.31. The Labute approximate surface area is 154 Å². The van der Waals surface area contributed by atoms with E-state index < -0.39 is 11.5 Å². The van der Waals surface area contributed by atoms with Crippen LogP contribution in [-0.4, -0.2) is 10.9 Å². The number of hydrogen-bond donors (Lipinski definition) is 1. The molecule has 4 rings (SSSR count). The Kier molecular flexibility index (Phi) is 4.08. The molecule has 4 aromatic rings. The molecule has 0 fully saturated rings. The van der Waals surface area contributed by atoms with E-state index in [9.17, 15) is 9.59 Å². The van der Waals surface area contributed by atoms with E-state index in [1.54, 1.807) is 25.1 Å². The zero-order valence-corrected chi connectivity index (χ0v) is 14.8. The van der Waals surface area contributed by atoms with Gasteiger partial charge in [-0.05, 0) is 43.7 Å². The summed E-state index contributed by atoms with van der Waals surface area (Å²) in [5, 5.41) is 3.59. The SMILES string of the molecule is Cc1oc(-c2ccccc2)nc1C(=O)Nc1ccc2c(C)cc(=O)oc2c1. The number of nitrogens with one attached hydrogen (secondary N) is 1. The average molecular weight is 360 g/mol. The topological polar surface area (TPSA) is 85.3 Å². The quantitative estimate of drug-likeness (QED) is 0.550. The van der Waals surface area contributed by atoms with Crippen LogP contribution in [0.15, 0.2) is 68.2 Å². The van der Waals surface area contributed by atoms with Gasteiger partial charge in [-0.1, -0.05) is 18.2 Å². The maximum absolute atomic E-state index is 12.6. The first-order chi connectivity index (χ1) is 13.0. The van der Waals surface area contributed by atoms with Crippen molar-refractivity contribution in [3.05, 3.63) is 82.0 Å². The number of hydrogen-bond acceptors (Lipinski definition) is 5. The van der Waals surface area contributed by atoms with Crippen molar-refractivity contribution in [3.8, 4) is 11.5 Å². The number of nitrogens with zero attached hydrogens (tertiary/aromatic N) is 1. The van der Waals surface area contributed by atoms with Crippen LogP contribution in [-0.2, 0) is 0 Å². The number of fused-ring (bicyclic) bond motifs is 1. The van der Waals surface area contributed by atoms with Crippen LogP contribution in [0.1, 0.15) is 21.8 Å². The molecule has 134 valence electrons. The Morgan fingerprint density at radius 1 is 1.00 bits per heavy atom. The van der Waals surface area contributed by atoms with Gasteiger partial charge in [-0.2, -0.15) is 0 Å². The number of oxazole rings is 1. The zero-order valence-electron chi connectivity index (χ0n) is 14.8. The lowest BCUT2D eigenvalue weighted by atomic mass is 10.1. The number of anilines is 1. The third-order valence-electron chi connectivity index (χ3n) is 4.24. The molecule has 0 saturated carbocycles. The summed E-state index contributed by atoms with van der Waals surface area (Å²) in [7, 11) is 0.